The van der Waals surface area contributed by atoms with E-state index in [-0.39, 0.29) is 25.9 Å². The molecule has 0 saturated carbocycles. The SMILES string of the molecule is OCC1C[C@@H](O)C[C@@H](O[C@H]2CO[C@H](CO)[C@@H](O)C2)O1. The Morgan fingerprint density at radius 3 is 2.47 bits per heavy atom. The number of rotatable bonds is 4. The molecular formula is C12H22O7. The van der Waals surface area contributed by atoms with E-state index in [0.717, 1.165) is 0 Å². The average Bonchev–Trinajstić information content (AvgIpc) is 2.38. The minimum atomic E-state index is -0.772. The standard InChI is InChI=1S/C12H22O7/c13-4-8-1-7(15)2-12(18-8)19-9-3-10(16)11(5-14)17-6-9/h7-16H,1-6H2/t7-,8?,9-,10+,11-,12-/m1/s1. The lowest BCUT2D eigenvalue weighted by atomic mass is 10.0. The lowest BCUT2D eigenvalue weighted by Crippen LogP contribution is -2.47. The molecule has 6 atom stereocenters. The molecule has 2 rings (SSSR count). The Hall–Kier alpha value is -0.280. The molecule has 1 unspecified atom stereocenters. The molecule has 112 valence electrons. The predicted octanol–water partition coefficient (Wildman–Crippen LogP) is -1.63. The van der Waals surface area contributed by atoms with Gasteiger partial charge in [0.1, 0.15) is 6.10 Å². The lowest BCUT2D eigenvalue weighted by Gasteiger charge is -2.37. The topological polar surface area (TPSA) is 109 Å². The van der Waals surface area contributed by atoms with Crippen LogP contribution in [0.4, 0.5) is 0 Å². The van der Waals surface area contributed by atoms with Crippen LogP contribution in [0.1, 0.15) is 19.3 Å². The Morgan fingerprint density at radius 1 is 1.05 bits per heavy atom. The van der Waals surface area contributed by atoms with E-state index in [1.54, 1.807) is 0 Å². The fraction of sp³-hybridized carbons (Fsp3) is 1.00. The van der Waals surface area contributed by atoms with E-state index in [9.17, 15) is 10.2 Å². The zero-order valence-electron chi connectivity index (χ0n) is 10.7. The van der Waals surface area contributed by atoms with Crippen molar-refractivity contribution in [3.8, 4) is 0 Å². The summed E-state index contributed by atoms with van der Waals surface area (Å²) >= 11 is 0. The van der Waals surface area contributed by atoms with Gasteiger partial charge in [-0.1, -0.05) is 0 Å². The molecule has 19 heavy (non-hydrogen) atoms. The van der Waals surface area contributed by atoms with Crippen molar-refractivity contribution in [2.24, 2.45) is 0 Å². The first-order valence-electron chi connectivity index (χ1n) is 6.62. The number of hydrogen-bond donors (Lipinski definition) is 4. The van der Waals surface area contributed by atoms with Gasteiger partial charge in [0.05, 0.1) is 44.2 Å². The monoisotopic (exact) mass is 278 g/mol. The third kappa shape index (κ3) is 4.09. The zero-order chi connectivity index (χ0) is 13.8. The quantitative estimate of drug-likeness (QED) is 0.489. The number of ether oxygens (including phenoxy) is 3. The second-order valence-corrected chi connectivity index (χ2v) is 5.11. The third-order valence-corrected chi connectivity index (χ3v) is 3.50. The highest BCUT2D eigenvalue weighted by atomic mass is 16.7. The summed E-state index contributed by atoms with van der Waals surface area (Å²) < 4.78 is 16.4. The molecule has 0 bridgehead atoms. The molecule has 0 aromatic carbocycles. The van der Waals surface area contributed by atoms with Crippen molar-refractivity contribution in [1.29, 1.82) is 0 Å². The van der Waals surface area contributed by atoms with Gasteiger partial charge in [-0.3, -0.25) is 0 Å². The molecule has 2 aliphatic rings. The predicted molar refractivity (Wildman–Crippen MR) is 63.3 cm³/mol. The summed E-state index contributed by atoms with van der Waals surface area (Å²) in [6.45, 7) is -0.117. The first-order chi connectivity index (χ1) is 9.12. The highest BCUT2D eigenvalue weighted by Crippen LogP contribution is 2.24. The fourth-order valence-corrected chi connectivity index (χ4v) is 2.47. The van der Waals surface area contributed by atoms with Crippen LogP contribution in [0.15, 0.2) is 0 Å². The van der Waals surface area contributed by atoms with Gasteiger partial charge in [0.25, 0.3) is 0 Å². The maximum absolute atomic E-state index is 9.72. The van der Waals surface area contributed by atoms with Crippen molar-refractivity contribution >= 4 is 0 Å². The molecule has 0 spiro atoms. The average molecular weight is 278 g/mol. The molecule has 0 aliphatic carbocycles. The Labute approximate surface area is 111 Å². The van der Waals surface area contributed by atoms with E-state index in [1.807, 2.05) is 0 Å². The van der Waals surface area contributed by atoms with Crippen molar-refractivity contribution in [2.45, 2.75) is 56.1 Å². The van der Waals surface area contributed by atoms with Crippen molar-refractivity contribution in [3.05, 3.63) is 0 Å². The maximum atomic E-state index is 9.72. The first kappa shape index (κ1) is 15.1. The largest absolute Gasteiger partial charge is 0.394 e. The summed E-state index contributed by atoms with van der Waals surface area (Å²) in [6.07, 6.45) is -2.18. The second kappa shape index (κ2) is 6.94. The minimum absolute atomic E-state index is 0.159. The lowest BCUT2D eigenvalue weighted by molar-refractivity contribution is -0.261. The number of hydrogen-bond acceptors (Lipinski definition) is 7. The van der Waals surface area contributed by atoms with E-state index in [4.69, 9.17) is 24.4 Å². The zero-order valence-corrected chi connectivity index (χ0v) is 10.7. The van der Waals surface area contributed by atoms with Gasteiger partial charge < -0.3 is 34.6 Å². The first-order valence-corrected chi connectivity index (χ1v) is 6.62. The molecule has 7 nitrogen and oxygen atoms in total. The van der Waals surface area contributed by atoms with Crippen LogP contribution in [0.3, 0.4) is 0 Å². The van der Waals surface area contributed by atoms with Crippen LogP contribution in [0.2, 0.25) is 0 Å². The number of aliphatic hydroxyl groups excluding tert-OH is 4. The van der Waals surface area contributed by atoms with Crippen LogP contribution >= 0.6 is 0 Å². The summed E-state index contributed by atoms with van der Waals surface area (Å²) in [6, 6.07) is 0. The van der Waals surface area contributed by atoms with Gasteiger partial charge in [0.15, 0.2) is 6.29 Å². The Morgan fingerprint density at radius 2 is 1.84 bits per heavy atom. The summed E-state index contributed by atoms with van der Waals surface area (Å²) in [5, 5.41) is 37.4. The van der Waals surface area contributed by atoms with Crippen LogP contribution in [0.25, 0.3) is 0 Å². The van der Waals surface area contributed by atoms with Crippen molar-refractivity contribution in [2.75, 3.05) is 19.8 Å². The number of aliphatic hydroxyl groups is 4. The molecule has 2 aliphatic heterocycles. The van der Waals surface area contributed by atoms with E-state index in [2.05, 4.69) is 0 Å². The summed E-state index contributed by atoms with van der Waals surface area (Å²) in [5.74, 6) is 0. The van der Waals surface area contributed by atoms with E-state index < -0.39 is 30.7 Å². The van der Waals surface area contributed by atoms with Gasteiger partial charge >= 0.3 is 0 Å². The van der Waals surface area contributed by atoms with Crippen LogP contribution in [-0.2, 0) is 14.2 Å². The maximum Gasteiger partial charge on any atom is 0.161 e. The Kier molecular flexibility index (Phi) is 5.52. The van der Waals surface area contributed by atoms with Gasteiger partial charge in [-0.05, 0) is 0 Å². The van der Waals surface area contributed by atoms with Crippen LogP contribution < -0.4 is 0 Å². The fourth-order valence-electron chi connectivity index (χ4n) is 2.47. The van der Waals surface area contributed by atoms with Crippen molar-refractivity contribution in [1.82, 2.24) is 0 Å². The van der Waals surface area contributed by atoms with Crippen molar-refractivity contribution < 1.29 is 34.6 Å². The van der Waals surface area contributed by atoms with Gasteiger partial charge in [-0.2, -0.15) is 0 Å². The van der Waals surface area contributed by atoms with Crippen LogP contribution in [0, 0.1) is 0 Å². The molecule has 4 N–H and O–H groups in total. The van der Waals surface area contributed by atoms with E-state index in [1.165, 1.54) is 0 Å². The van der Waals surface area contributed by atoms with Crippen LogP contribution in [-0.4, -0.2) is 77.1 Å². The minimum Gasteiger partial charge on any atom is -0.394 e. The smallest absolute Gasteiger partial charge is 0.161 e. The molecule has 2 fully saturated rings. The highest BCUT2D eigenvalue weighted by Gasteiger charge is 2.34. The Bertz CT molecular complexity index is 275. The molecule has 2 heterocycles. The van der Waals surface area contributed by atoms with Gasteiger partial charge in [0.2, 0.25) is 0 Å². The summed E-state index contributed by atoms with van der Waals surface area (Å²) in [7, 11) is 0. The van der Waals surface area contributed by atoms with Gasteiger partial charge in [-0.25, -0.2) is 0 Å². The molecule has 7 heteroatoms. The molecule has 0 amide bonds. The summed E-state index contributed by atoms with van der Waals surface area (Å²) in [4.78, 5) is 0. The van der Waals surface area contributed by atoms with E-state index in [0.29, 0.717) is 19.3 Å². The molecular weight excluding hydrogens is 256 g/mol. The van der Waals surface area contributed by atoms with E-state index >= 15 is 0 Å². The Balaban J connectivity index is 1.81. The molecule has 0 aromatic rings. The second-order valence-electron chi connectivity index (χ2n) is 5.11. The third-order valence-electron chi connectivity index (χ3n) is 3.50. The van der Waals surface area contributed by atoms with Gasteiger partial charge in [-0.15, -0.1) is 0 Å². The normalized spacial score (nSPS) is 44.2. The summed E-state index contributed by atoms with van der Waals surface area (Å²) in [5.41, 5.74) is 0. The highest BCUT2D eigenvalue weighted by molar-refractivity contribution is 4.80. The van der Waals surface area contributed by atoms with Crippen molar-refractivity contribution in [3.63, 3.8) is 0 Å². The molecule has 0 radical (unpaired) electrons. The molecule has 0 aromatic heterocycles. The van der Waals surface area contributed by atoms with Crippen LogP contribution in [0.5, 0.6) is 0 Å². The van der Waals surface area contributed by atoms with Gasteiger partial charge in [0, 0.05) is 19.3 Å². The molecule has 2 saturated heterocycles.